The summed E-state index contributed by atoms with van der Waals surface area (Å²) in [5, 5.41) is 3.45. The highest BCUT2D eigenvalue weighted by Gasteiger charge is 2.34. The summed E-state index contributed by atoms with van der Waals surface area (Å²) in [6.45, 7) is 5.48. The van der Waals surface area contributed by atoms with Gasteiger partial charge in [0, 0.05) is 30.6 Å². The molecule has 1 aliphatic rings. The summed E-state index contributed by atoms with van der Waals surface area (Å²) in [5.41, 5.74) is 1.83. The molecule has 0 spiro atoms. The number of benzene rings is 3. The minimum Gasteiger partial charge on any atom is -0.454 e. The molecule has 1 heterocycles. The molecule has 1 aliphatic heterocycles. The first-order valence-corrected chi connectivity index (χ1v) is 15.8. The largest absolute Gasteiger partial charge is 0.454 e. The van der Waals surface area contributed by atoms with Crippen LogP contribution in [0.15, 0.2) is 72.8 Å². The maximum Gasteiger partial charge on any atom is 0.244 e. The molecule has 2 amide bonds. The Bertz CT molecular complexity index is 1500. The number of carbonyl (C=O) groups excluding carboxylic acids is 2. The van der Waals surface area contributed by atoms with Crippen LogP contribution in [0.4, 0.5) is 5.69 Å². The van der Waals surface area contributed by atoms with E-state index in [9.17, 15) is 18.0 Å². The number of hydrogen-bond acceptors (Lipinski definition) is 6. The number of amides is 2. The molecule has 0 aromatic heterocycles. The second-order valence-corrected chi connectivity index (χ2v) is 13.1. The monoisotopic (exact) mass is 613 g/mol. The molecule has 11 heteroatoms. The van der Waals surface area contributed by atoms with Gasteiger partial charge in [0.25, 0.3) is 0 Å². The fraction of sp³-hybridized carbons (Fsp3) is 0.355. The molecular weight excluding hydrogens is 578 g/mol. The van der Waals surface area contributed by atoms with Crippen molar-refractivity contribution in [1.29, 1.82) is 0 Å². The van der Waals surface area contributed by atoms with Crippen LogP contribution in [-0.2, 0) is 32.6 Å². The second kappa shape index (κ2) is 13.9. The Kier molecular flexibility index (Phi) is 10.3. The van der Waals surface area contributed by atoms with Crippen LogP contribution in [0.25, 0.3) is 0 Å². The van der Waals surface area contributed by atoms with E-state index in [1.165, 1.54) is 11.8 Å². The summed E-state index contributed by atoms with van der Waals surface area (Å²) in [6.07, 6.45) is 0.238. The summed E-state index contributed by atoms with van der Waals surface area (Å²) in [4.78, 5) is 29.4. The molecule has 1 N–H and O–H groups in total. The van der Waals surface area contributed by atoms with Gasteiger partial charge in [0.15, 0.2) is 11.5 Å². The van der Waals surface area contributed by atoms with Crippen molar-refractivity contribution in [3.05, 3.63) is 88.9 Å². The summed E-state index contributed by atoms with van der Waals surface area (Å²) >= 11 is 6.26. The van der Waals surface area contributed by atoms with Crippen molar-refractivity contribution in [3.63, 3.8) is 0 Å². The van der Waals surface area contributed by atoms with Gasteiger partial charge in [-0.05, 0) is 48.2 Å². The van der Waals surface area contributed by atoms with E-state index in [1.807, 2.05) is 50.2 Å². The molecular formula is C31H36ClN3O6S. The van der Waals surface area contributed by atoms with Crippen molar-refractivity contribution < 1.29 is 27.5 Å². The van der Waals surface area contributed by atoms with E-state index in [1.54, 1.807) is 36.4 Å². The quantitative estimate of drug-likeness (QED) is 0.301. The first-order valence-electron chi connectivity index (χ1n) is 13.8. The molecule has 0 unspecified atom stereocenters. The van der Waals surface area contributed by atoms with Crippen molar-refractivity contribution in [3.8, 4) is 11.5 Å². The van der Waals surface area contributed by atoms with E-state index in [-0.39, 0.29) is 43.0 Å². The zero-order valence-electron chi connectivity index (χ0n) is 24.0. The molecule has 9 nitrogen and oxygen atoms in total. The smallest absolute Gasteiger partial charge is 0.244 e. The number of hydrogen-bond donors (Lipinski definition) is 1. The number of rotatable bonds is 13. The summed E-state index contributed by atoms with van der Waals surface area (Å²) in [6, 6.07) is 20.3. The van der Waals surface area contributed by atoms with Crippen LogP contribution in [-0.4, -0.2) is 56.8 Å². The molecule has 42 heavy (non-hydrogen) atoms. The molecule has 0 bridgehead atoms. The van der Waals surface area contributed by atoms with Crippen molar-refractivity contribution in [1.82, 2.24) is 10.2 Å². The van der Waals surface area contributed by atoms with E-state index in [2.05, 4.69) is 5.32 Å². The van der Waals surface area contributed by atoms with Crippen LogP contribution in [0.3, 0.4) is 0 Å². The predicted molar refractivity (Wildman–Crippen MR) is 163 cm³/mol. The van der Waals surface area contributed by atoms with Crippen molar-refractivity contribution >= 4 is 39.1 Å². The Balaban J connectivity index is 1.74. The lowest BCUT2D eigenvalue weighted by molar-refractivity contribution is -0.140. The highest BCUT2D eigenvalue weighted by Crippen LogP contribution is 2.36. The third kappa shape index (κ3) is 7.95. The lowest BCUT2D eigenvalue weighted by atomic mass is 10.0. The van der Waals surface area contributed by atoms with Gasteiger partial charge >= 0.3 is 0 Å². The maximum absolute atomic E-state index is 14.2. The zero-order valence-corrected chi connectivity index (χ0v) is 25.5. The fourth-order valence-corrected chi connectivity index (χ4v) is 5.84. The van der Waals surface area contributed by atoms with Crippen LogP contribution >= 0.6 is 11.6 Å². The molecule has 0 fully saturated rings. The maximum atomic E-state index is 14.2. The van der Waals surface area contributed by atoms with E-state index < -0.39 is 28.5 Å². The van der Waals surface area contributed by atoms with Crippen molar-refractivity contribution in [2.45, 2.75) is 39.8 Å². The molecule has 1 atom stereocenters. The molecule has 224 valence electrons. The highest BCUT2D eigenvalue weighted by molar-refractivity contribution is 7.92. The molecule has 0 saturated carbocycles. The molecule has 0 saturated heterocycles. The zero-order chi connectivity index (χ0) is 30.3. The first kappa shape index (κ1) is 31.2. The van der Waals surface area contributed by atoms with Gasteiger partial charge in [-0.3, -0.25) is 13.9 Å². The summed E-state index contributed by atoms with van der Waals surface area (Å²) in [7, 11) is -3.90. The van der Waals surface area contributed by atoms with Crippen molar-refractivity contribution in [2.24, 2.45) is 5.92 Å². The van der Waals surface area contributed by atoms with Crippen LogP contribution in [0, 0.1) is 5.92 Å². The number of anilines is 1. The van der Waals surface area contributed by atoms with Gasteiger partial charge in [-0.15, -0.1) is 0 Å². The topological polar surface area (TPSA) is 105 Å². The molecule has 3 aromatic carbocycles. The van der Waals surface area contributed by atoms with E-state index in [0.29, 0.717) is 28.6 Å². The Labute approximate surface area is 252 Å². The van der Waals surface area contributed by atoms with Crippen LogP contribution in [0.1, 0.15) is 31.9 Å². The van der Waals surface area contributed by atoms with E-state index >= 15 is 0 Å². The third-order valence-corrected chi connectivity index (χ3v) is 8.80. The fourth-order valence-electron chi connectivity index (χ4n) is 4.57. The van der Waals surface area contributed by atoms with Crippen LogP contribution in [0.2, 0.25) is 5.02 Å². The predicted octanol–water partition coefficient (Wildman–Crippen LogP) is 4.64. The highest BCUT2D eigenvalue weighted by atomic mass is 35.5. The van der Waals surface area contributed by atoms with Gasteiger partial charge in [0.05, 0.1) is 11.4 Å². The number of sulfonamides is 1. The van der Waals surface area contributed by atoms with Crippen molar-refractivity contribution in [2.75, 3.05) is 29.9 Å². The lowest BCUT2D eigenvalue weighted by Gasteiger charge is -2.34. The molecule has 0 radical (unpaired) electrons. The first-order chi connectivity index (χ1) is 20.1. The normalized spacial score (nSPS) is 13.1. The van der Waals surface area contributed by atoms with E-state index in [0.717, 1.165) is 9.87 Å². The van der Waals surface area contributed by atoms with E-state index in [4.69, 9.17) is 21.1 Å². The van der Waals surface area contributed by atoms with Crippen LogP contribution in [0.5, 0.6) is 11.5 Å². The Hall–Kier alpha value is -3.76. The summed E-state index contributed by atoms with van der Waals surface area (Å²) < 4.78 is 38.5. The Morgan fingerprint density at radius 3 is 2.36 bits per heavy atom. The van der Waals surface area contributed by atoms with Crippen LogP contribution < -0.4 is 19.1 Å². The molecule has 3 aromatic rings. The molecule has 4 rings (SSSR count). The molecule has 0 aliphatic carbocycles. The lowest BCUT2D eigenvalue weighted by Crippen LogP contribution is -2.53. The number of nitrogens with zero attached hydrogens (tertiary/aromatic N) is 2. The SMILES string of the molecule is CCS(=O)(=O)N(CC(=O)N(Cc1cccc(Cl)c1)[C@@H](Cc1ccccc1)C(=O)NCC(C)C)c1ccc2c(c1)OCO2. The van der Waals surface area contributed by atoms with Gasteiger partial charge in [-0.2, -0.15) is 0 Å². The minimum atomic E-state index is -3.90. The third-order valence-electron chi connectivity index (χ3n) is 6.82. The minimum absolute atomic E-state index is 0.0261. The number of ether oxygens (including phenoxy) is 2. The van der Waals surface area contributed by atoms with Gasteiger partial charge < -0.3 is 19.7 Å². The number of fused-ring (bicyclic) bond motifs is 1. The average molecular weight is 614 g/mol. The van der Waals surface area contributed by atoms with Gasteiger partial charge in [-0.1, -0.05) is 67.9 Å². The number of halogens is 1. The number of carbonyl (C=O) groups is 2. The average Bonchev–Trinajstić information content (AvgIpc) is 3.45. The number of nitrogens with one attached hydrogen (secondary N) is 1. The van der Waals surface area contributed by atoms with Gasteiger partial charge in [-0.25, -0.2) is 8.42 Å². The standard InChI is InChI=1S/C31H36ClN3O6S/c1-4-42(38,39)35(26-13-14-28-29(17-26)41-21-40-28)20-30(36)34(19-24-11-8-12-25(32)15-24)27(31(37)33-18-22(2)3)16-23-9-6-5-7-10-23/h5-15,17,22,27H,4,16,18-21H2,1-3H3,(H,33,37)/t27-/m0/s1. The van der Waals surface area contributed by atoms with Gasteiger partial charge in [0.2, 0.25) is 28.6 Å². The second-order valence-electron chi connectivity index (χ2n) is 10.4. The summed E-state index contributed by atoms with van der Waals surface area (Å²) in [5.74, 6) is -0.0140. The Morgan fingerprint density at radius 2 is 1.67 bits per heavy atom. The van der Waals surface area contributed by atoms with Gasteiger partial charge in [0.1, 0.15) is 12.6 Å². The Morgan fingerprint density at radius 1 is 0.952 bits per heavy atom.